The van der Waals surface area contributed by atoms with E-state index in [4.69, 9.17) is 0 Å². The van der Waals surface area contributed by atoms with Crippen LogP contribution in [0.1, 0.15) is 48.0 Å². The van der Waals surface area contributed by atoms with Gasteiger partial charge in [0.05, 0.1) is 6.04 Å². The van der Waals surface area contributed by atoms with E-state index in [1.807, 2.05) is 6.92 Å². The fourth-order valence-corrected chi connectivity index (χ4v) is 0.203. The van der Waals surface area contributed by atoms with Crippen LogP contribution in [0.4, 0.5) is 0 Å². The van der Waals surface area contributed by atoms with Crippen LogP contribution in [0.3, 0.4) is 0 Å². The van der Waals surface area contributed by atoms with Crippen molar-refractivity contribution in [2.45, 2.75) is 54.0 Å². The standard InChI is InChI=1S/C5H11NO.C3H6O.C3H8/c1-4(6-3)5(2)7;1-3(2)4;1-3-2/h4,6H,1-3H3;1-2H3;3H2,1-2H3. The second-order valence-corrected chi connectivity index (χ2v) is 3.24. The summed E-state index contributed by atoms with van der Waals surface area (Å²) in [5, 5.41) is 2.81. The van der Waals surface area contributed by atoms with E-state index >= 15 is 0 Å². The SMILES string of the molecule is CC(C)=O.CCC.CNC(C)C(C)=O. The Labute approximate surface area is 88.3 Å². The van der Waals surface area contributed by atoms with Gasteiger partial charge in [-0.25, -0.2) is 0 Å². The fraction of sp³-hybridized carbons (Fsp3) is 0.818. The Kier molecular flexibility index (Phi) is 20.1. The summed E-state index contributed by atoms with van der Waals surface area (Å²) in [6.07, 6.45) is 1.25. The number of hydrogen-bond donors (Lipinski definition) is 1. The van der Waals surface area contributed by atoms with Crippen LogP contribution in [0.5, 0.6) is 0 Å². The zero-order valence-electron chi connectivity index (χ0n) is 10.6. The van der Waals surface area contributed by atoms with Crippen molar-refractivity contribution >= 4 is 11.6 Å². The van der Waals surface area contributed by atoms with Crippen molar-refractivity contribution in [1.29, 1.82) is 0 Å². The van der Waals surface area contributed by atoms with Gasteiger partial charge in [-0.2, -0.15) is 0 Å². The molecule has 0 aliphatic carbocycles. The van der Waals surface area contributed by atoms with Gasteiger partial charge in [-0.1, -0.05) is 20.3 Å². The van der Waals surface area contributed by atoms with Crippen LogP contribution < -0.4 is 5.32 Å². The molecule has 0 aromatic rings. The molecule has 3 heteroatoms. The summed E-state index contributed by atoms with van der Waals surface area (Å²) < 4.78 is 0. The molecule has 0 fully saturated rings. The number of carbonyl (C=O) groups is 2. The number of rotatable bonds is 2. The molecule has 1 N–H and O–H groups in total. The molecular weight excluding hydrogens is 178 g/mol. The molecule has 0 aromatic carbocycles. The lowest BCUT2D eigenvalue weighted by Crippen LogP contribution is -2.28. The minimum Gasteiger partial charge on any atom is -0.311 e. The first-order valence-corrected chi connectivity index (χ1v) is 4.98. The van der Waals surface area contributed by atoms with E-state index in [9.17, 15) is 9.59 Å². The molecule has 0 saturated heterocycles. The molecule has 3 nitrogen and oxygen atoms in total. The van der Waals surface area contributed by atoms with Gasteiger partial charge >= 0.3 is 0 Å². The highest BCUT2D eigenvalue weighted by Crippen LogP contribution is 1.77. The third-order valence-corrected chi connectivity index (χ3v) is 1.04. The number of likely N-dealkylation sites (N-methyl/N-ethyl adjacent to an activating group) is 1. The van der Waals surface area contributed by atoms with Gasteiger partial charge in [0, 0.05) is 0 Å². The highest BCUT2D eigenvalue weighted by atomic mass is 16.1. The summed E-state index contributed by atoms with van der Waals surface area (Å²) in [6, 6.07) is 0.0139. The Morgan fingerprint density at radius 2 is 1.36 bits per heavy atom. The zero-order chi connectivity index (χ0) is 12.1. The molecule has 1 atom stereocenters. The second-order valence-electron chi connectivity index (χ2n) is 3.24. The van der Waals surface area contributed by atoms with Crippen LogP contribution in [0.2, 0.25) is 0 Å². The Morgan fingerprint density at radius 3 is 1.36 bits per heavy atom. The Morgan fingerprint density at radius 1 is 1.14 bits per heavy atom. The summed E-state index contributed by atoms with van der Waals surface area (Å²) in [5.41, 5.74) is 0. The van der Waals surface area contributed by atoms with E-state index in [0.717, 1.165) is 0 Å². The summed E-state index contributed by atoms with van der Waals surface area (Å²) in [4.78, 5) is 19.8. The van der Waals surface area contributed by atoms with Crippen molar-refractivity contribution in [1.82, 2.24) is 5.32 Å². The van der Waals surface area contributed by atoms with Gasteiger partial charge in [-0.3, -0.25) is 4.79 Å². The van der Waals surface area contributed by atoms with E-state index in [-0.39, 0.29) is 17.6 Å². The lowest BCUT2D eigenvalue weighted by atomic mass is 10.2. The minimum atomic E-state index is 0.0139. The number of ketones is 2. The molecule has 0 rings (SSSR count). The molecule has 0 aliphatic heterocycles. The van der Waals surface area contributed by atoms with E-state index in [2.05, 4.69) is 19.2 Å². The normalized spacial score (nSPS) is 9.93. The monoisotopic (exact) mass is 203 g/mol. The van der Waals surface area contributed by atoms with E-state index in [0.29, 0.717) is 0 Å². The van der Waals surface area contributed by atoms with Crippen molar-refractivity contribution in [2.24, 2.45) is 0 Å². The Hall–Kier alpha value is -0.700. The zero-order valence-corrected chi connectivity index (χ0v) is 10.6. The van der Waals surface area contributed by atoms with Crippen LogP contribution in [-0.2, 0) is 9.59 Å². The van der Waals surface area contributed by atoms with Crippen molar-refractivity contribution < 1.29 is 9.59 Å². The van der Waals surface area contributed by atoms with Gasteiger partial charge in [0.2, 0.25) is 0 Å². The van der Waals surface area contributed by atoms with E-state index in [1.165, 1.54) is 20.3 Å². The first kappa shape index (κ1) is 19.0. The Balaban J connectivity index is -0.000000147. The molecule has 0 aromatic heterocycles. The van der Waals surface area contributed by atoms with Gasteiger partial charge in [0.1, 0.15) is 11.6 Å². The van der Waals surface area contributed by atoms with Crippen LogP contribution >= 0.6 is 0 Å². The molecule has 86 valence electrons. The molecular formula is C11H25NO2. The molecule has 0 saturated carbocycles. The molecule has 0 bridgehead atoms. The number of nitrogens with one attached hydrogen (secondary N) is 1. The van der Waals surface area contributed by atoms with Crippen molar-refractivity contribution in [3.63, 3.8) is 0 Å². The third kappa shape index (κ3) is 42.7. The summed E-state index contributed by atoms with van der Waals surface area (Å²) in [6.45, 7) is 10.7. The van der Waals surface area contributed by atoms with Gasteiger partial charge in [0.25, 0.3) is 0 Å². The van der Waals surface area contributed by atoms with Gasteiger partial charge < -0.3 is 10.1 Å². The minimum absolute atomic E-state index is 0.0139. The highest BCUT2D eigenvalue weighted by molar-refractivity contribution is 5.80. The molecule has 0 spiro atoms. The summed E-state index contributed by atoms with van der Waals surface area (Å²) in [7, 11) is 1.77. The van der Waals surface area contributed by atoms with Crippen LogP contribution in [-0.4, -0.2) is 24.7 Å². The van der Waals surface area contributed by atoms with E-state index < -0.39 is 0 Å². The van der Waals surface area contributed by atoms with Crippen LogP contribution in [0.25, 0.3) is 0 Å². The number of hydrogen-bond acceptors (Lipinski definition) is 3. The topological polar surface area (TPSA) is 46.2 Å². The smallest absolute Gasteiger partial charge is 0.146 e. The lowest BCUT2D eigenvalue weighted by molar-refractivity contribution is -0.118. The van der Waals surface area contributed by atoms with Gasteiger partial charge in [-0.15, -0.1) is 0 Å². The molecule has 0 aliphatic rings. The predicted molar refractivity (Wildman–Crippen MR) is 61.5 cm³/mol. The summed E-state index contributed by atoms with van der Waals surface area (Å²) in [5.74, 6) is 0.350. The molecule has 0 heterocycles. The van der Waals surface area contributed by atoms with E-state index in [1.54, 1.807) is 14.0 Å². The quantitative estimate of drug-likeness (QED) is 0.748. The van der Waals surface area contributed by atoms with Crippen LogP contribution in [0.15, 0.2) is 0 Å². The van der Waals surface area contributed by atoms with Gasteiger partial charge in [-0.05, 0) is 34.7 Å². The maximum absolute atomic E-state index is 10.3. The van der Waals surface area contributed by atoms with Crippen LogP contribution in [0, 0.1) is 0 Å². The predicted octanol–water partition coefficient (Wildman–Crippen LogP) is 2.19. The molecule has 0 amide bonds. The second kappa shape index (κ2) is 14.8. The lowest BCUT2D eigenvalue weighted by Gasteiger charge is -2.01. The average molecular weight is 203 g/mol. The third-order valence-electron chi connectivity index (χ3n) is 1.04. The fourth-order valence-electron chi connectivity index (χ4n) is 0.203. The Bertz CT molecular complexity index is 140. The maximum Gasteiger partial charge on any atom is 0.146 e. The molecule has 14 heavy (non-hydrogen) atoms. The van der Waals surface area contributed by atoms with Crippen molar-refractivity contribution in [3.8, 4) is 0 Å². The summed E-state index contributed by atoms with van der Waals surface area (Å²) >= 11 is 0. The van der Waals surface area contributed by atoms with Crippen molar-refractivity contribution in [2.75, 3.05) is 7.05 Å². The largest absolute Gasteiger partial charge is 0.311 e. The maximum atomic E-state index is 10.3. The number of Topliss-reactive ketones (excluding diaryl/α,β-unsaturated/α-hetero) is 2. The highest BCUT2D eigenvalue weighted by Gasteiger charge is 2.00. The van der Waals surface area contributed by atoms with Gasteiger partial charge in [0.15, 0.2) is 0 Å². The first-order valence-electron chi connectivity index (χ1n) is 4.98. The molecule has 1 unspecified atom stereocenters. The first-order chi connectivity index (χ1) is 6.33. The average Bonchev–Trinajstić information content (AvgIpc) is 2.03. The molecule has 0 radical (unpaired) electrons. The number of carbonyl (C=O) groups excluding carboxylic acids is 2. The van der Waals surface area contributed by atoms with Crippen molar-refractivity contribution in [3.05, 3.63) is 0 Å².